The number of hydrogen-bond acceptors (Lipinski definition) is 5. The number of nitrogens with zero attached hydrogens (tertiary/aromatic N) is 3. The molecule has 1 saturated heterocycles. The lowest BCUT2D eigenvalue weighted by Crippen LogP contribution is -2.54. The molecule has 0 bridgehead atoms. The zero-order valence-corrected chi connectivity index (χ0v) is 18.2. The summed E-state index contributed by atoms with van der Waals surface area (Å²) >= 11 is 12.1. The zero-order valence-electron chi connectivity index (χ0n) is 16.7. The Morgan fingerprint density at radius 2 is 1.90 bits per heavy atom. The smallest absolute Gasteiger partial charge is 0.241 e. The summed E-state index contributed by atoms with van der Waals surface area (Å²) in [7, 11) is 0. The van der Waals surface area contributed by atoms with Crippen molar-refractivity contribution in [3.63, 3.8) is 0 Å². The third-order valence-electron chi connectivity index (χ3n) is 5.31. The van der Waals surface area contributed by atoms with Gasteiger partial charge in [-0.05, 0) is 32.9 Å². The van der Waals surface area contributed by atoms with Crippen molar-refractivity contribution in [3.05, 3.63) is 45.3 Å². The molecule has 1 aliphatic heterocycles. The summed E-state index contributed by atoms with van der Waals surface area (Å²) in [4.78, 5) is 29.1. The highest BCUT2D eigenvalue weighted by molar-refractivity contribution is 6.44. The monoisotopic (exact) mass is 438 g/mol. The molecule has 1 aromatic carbocycles. The number of halogens is 2. The topological polar surface area (TPSA) is 78.7 Å². The molecule has 2 heterocycles. The van der Waals surface area contributed by atoms with Crippen molar-refractivity contribution < 1.29 is 14.1 Å². The number of benzene rings is 1. The van der Waals surface area contributed by atoms with Crippen molar-refractivity contribution in [2.45, 2.75) is 33.2 Å². The molecule has 1 atom stereocenters. The van der Waals surface area contributed by atoms with Gasteiger partial charge in [-0.3, -0.25) is 14.5 Å². The highest BCUT2D eigenvalue weighted by Gasteiger charge is 2.28. The number of aromatic nitrogens is 1. The van der Waals surface area contributed by atoms with Crippen LogP contribution in [0.25, 0.3) is 0 Å². The van der Waals surface area contributed by atoms with E-state index in [1.54, 1.807) is 18.2 Å². The van der Waals surface area contributed by atoms with Crippen LogP contribution in [-0.4, -0.2) is 59.0 Å². The van der Waals surface area contributed by atoms with Crippen LogP contribution in [0.3, 0.4) is 0 Å². The molecule has 2 aromatic rings. The number of carbonyl (C=O) groups is 2. The van der Waals surface area contributed by atoms with Crippen LogP contribution in [0.15, 0.2) is 22.7 Å². The van der Waals surface area contributed by atoms with Crippen LogP contribution in [0.4, 0.5) is 5.69 Å². The van der Waals surface area contributed by atoms with Gasteiger partial charge >= 0.3 is 0 Å². The van der Waals surface area contributed by atoms with Crippen molar-refractivity contribution in [1.29, 1.82) is 0 Å². The summed E-state index contributed by atoms with van der Waals surface area (Å²) < 4.78 is 5.13. The summed E-state index contributed by atoms with van der Waals surface area (Å²) in [6, 6.07) is 4.76. The number of nitrogens with one attached hydrogen (secondary N) is 1. The van der Waals surface area contributed by atoms with Crippen molar-refractivity contribution in [1.82, 2.24) is 15.0 Å². The minimum atomic E-state index is -0.357. The van der Waals surface area contributed by atoms with Crippen LogP contribution in [-0.2, 0) is 16.0 Å². The molecule has 1 aliphatic rings. The number of anilines is 1. The van der Waals surface area contributed by atoms with Gasteiger partial charge in [0.1, 0.15) is 5.76 Å². The van der Waals surface area contributed by atoms with Crippen molar-refractivity contribution in [2.24, 2.45) is 0 Å². The Bertz CT molecular complexity index is 888. The van der Waals surface area contributed by atoms with Crippen LogP contribution < -0.4 is 5.32 Å². The normalized spacial score (nSPS) is 16.0. The fourth-order valence-corrected chi connectivity index (χ4v) is 3.73. The molecule has 1 N–H and O–H groups in total. The number of hydrogen-bond donors (Lipinski definition) is 1. The van der Waals surface area contributed by atoms with E-state index < -0.39 is 0 Å². The first-order valence-electron chi connectivity index (χ1n) is 9.46. The van der Waals surface area contributed by atoms with E-state index in [2.05, 4.69) is 10.5 Å². The number of piperazine rings is 1. The standard InChI is InChI=1S/C20H24Cl2N4O3/c1-12-15(14(3)29-24-12)11-18(27)26-9-7-25(8-10-26)13(2)20(28)23-17-6-4-5-16(21)19(17)22/h4-6,13H,7-11H2,1-3H3,(H,23,28). The third kappa shape index (κ3) is 4.91. The molecule has 7 nitrogen and oxygen atoms in total. The van der Waals surface area contributed by atoms with E-state index in [9.17, 15) is 9.59 Å². The fourth-order valence-electron chi connectivity index (χ4n) is 3.38. The molecular weight excluding hydrogens is 415 g/mol. The molecule has 9 heteroatoms. The summed E-state index contributed by atoms with van der Waals surface area (Å²) in [5, 5.41) is 7.44. The van der Waals surface area contributed by atoms with Gasteiger partial charge in [-0.1, -0.05) is 34.4 Å². The number of carbonyl (C=O) groups excluding carboxylic acids is 2. The highest BCUT2D eigenvalue weighted by Crippen LogP contribution is 2.29. The van der Waals surface area contributed by atoms with Gasteiger partial charge in [0.25, 0.3) is 0 Å². The second kappa shape index (κ2) is 9.15. The summed E-state index contributed by atoms with van der Waals surface area (Å²) in [6.45, 7) is 7.86. The molecule has 0 radical (unpaired) electrons. The highest BCUT2D eigenvalue weighted by atomic mass is 35.5. The Morgan fingerprint density at radius 1 is 1.21 bits per heavy atom. The lowest BCUT2D eigenvalue weighted by Gasteiger charge is -2.37. The predicted molar refractivity (Wildman–Crippen MR) is 112 cm³/mol. The van der Waals surface area contributed by atoms with Crippen LogP contribution in [0.1, 0.15) is 23.9 Å². The second-order valence-corrected chi connectivity index (χ2v) is 7.95. The molecular formula is C20H24Cl2N4O3. The SMILES string of the molecule is Cc1noc(C)c1CC(=O)N1CCN(C(C)C(=O)Nc2cccc(Cl)c2Cl)CC1. The van der Waals surface area contributed by atoms with E-state index >= 15 is 0 Å². The van der Waals surface area contributed by atoms with Gasteiger partial charge in [-0.25, -0.2) is 0 Å². The maximum absolute atomic E-state index is 12.6. The Morgan fingerprint density at radius 3 is 2.52 bits per heavy atom. The van der Waals surface area contributed by atoms with E-state index in [1.807, 2.05) is 30.6 Å². The van der Waals surface area contributed by atoms with E-state index in [-0.39, 0.29) is 24.3 Å². The fraction of sp³-hybridized carbons (Fsp3) is 0.450. The average molecular weight is 439 g/mol. The molecule has 0 aliphatic carbocycles. The maximum Gasteiger partial charge on any atom is 0.241 e. The van der Waals surface area contributed by atoms with Gasteiger partial charge in [-0.15, -0.1) is 0 Å². The average Bonchev–Trinajstić information content (AvgIpc) is 3.03. The summed E-state index contributed by atoms with van der Waals surface area (Å²) in [6.07, 6.45) is 0.282. The Hall–Kier alpha value is -2.09. The minimum Gasteiger partial charge on any atom is -0.361 e. The number of amides is 2. The van der Waals surface area contributed by atoms with Crippen molar-refractivity contribution in [2.75, 3.05) is 31.5 Å². The zero-order chi connectivity index (χ0) is 21.1. The Balaban J connectivity index is 1.53. The molecule has 1 unspecified atom stereocenters. The first-order chi connectivity index (χ1) is 13.8. The minimum absolute atomic E-state index is 0.0434. The molecule has 0 spiro atoms. The summed E-state index contributed by atoms with van der Waals surface area (Å²) in [5.74, 6) is 0.561. The predicted octanol–water partition coefficient (Wildman–Crippen LogP) is 3.31. The molecule has 3 rings (SSSR count). The molecule has 2 amide bonds. The van der Waals surface area contributed by atoms with Crippen molar-refractivity contribution in [3.8, 4) is 0 Å². The van der Waals surface area contributed by atoms with Crippen molar-refractivity contribution >= 4 is 40.7 Å². The van der Waals surface area contributed by atoms with Crippen LogP contribution in [0, 0.1) is 13.8 Å². The van der Waals surface area contributed by atoms with Gasteiger partial charge in [0.15, 0.2) is 0 Å². The maximum atomic E-state index is 12.6. The van der Waals surface area contributed by atoms with Gasteiger partial charge in [-0.2, -0.15) is 0 Å². The van der Waals surface area contributed by atoms with E-state index in [0.29, 0.717) is 47.7 Å². The van der Waals surface area contributed by atoms with E-state index in [1.165, 1.54) is 0 Å². The molecule has 29 heavy (non-hydrogen) atoms. The van der Waals surface area contributed by atoms with Crippen LogP contribution >= 0.6 is 23.2 Å². The molecule has 156 valence electrons. The van der Waals surface area contributed by atoms with Crippen LogP contribution in [0.5, 0.6) is 0 Å². The number of rotatable bonds is 5. The van der Waals surface area contributed by atoms with Gasteiger partial charge in [0.2, 0.25) is 11.8 Å². The van der Waals surface area contributed by atoms with Gasteiger partial charge in [0, 0.05) is 31.7 Å². The first-order valence-corrected chi connectivity index (χ1v) is 10.2. The number of aryl methyl sites for hydroxylation is 2. The van der Waals surface area contributed by atoms with Crippen LogP contribution in [0.2, 0.25) is 10.0 Å². The Kier molecular flexibility index (Phi) is 6.82. The van der Waals surface area contributed by atoms with Gasteiger partial charge in [0.05, 0.1) is 33.9 Å². The molecule has 1 fully saturated rings. The van der Waals surface area contributed by atoms with E-state index in [0.717, 1.165) is 11.3 Å². The quantitative estimate of drug-likeness (QED) is 0.774. The lowest BCUT2D eigenvalue weighted by atomic mass is 10.1. The molecule has 1 aromatic heterocycles. The summed E-state index contributed by atoms with van der Waals surface area (Å²) in [5.41, 5.74) is 2.09. The second-order valence-electron chi connectivity index (χ2n) is 7.16. The lowest BCUT2D eigenvalue weighted by molar-refractivity contribution is -0.133. The van der Waals surface area contributed by atoms with E-state index in [4.69, 9.17) is 27.7 Å². The molecule has 0 saturated carbocycles. The largest absolute Gasteiger partial charge is 0.361 e. The Labute approximate surface area is 179 Å². The first kappa shape index (κ1) is 21.6. The third-order valence-corrected chi connectivity index (χ3v) is 6.13. The van der Waals surface area contributed by atoms with Gasteiger partial charge < -0.3 is 14.7 Å².